The van der Waals surface area contributed by atoms with E-state index in [-0.39, 0.29) is 36.0 Å². The summed E-state index contributed by atoms with van der Waals surface area (Å²) in [5, 5.41) is 22.2. The van der Waals surface area contributed by atoms with Gasteiger partial charge in [0.2, 0.25) is 0 Å². The number of methoxy groups -OCH3 is 2. The van der Waals surface area contributed by atoms with Gasteiger partial charge >= 0.3 is 0 Å². The number of rotatable bonds is 6. The lowest BCUT2D eigenvalue weighted by atomic mass is 9.95. The number of nitrogens with one attached hydrogen (secondary N) is 1. The molecule has 2 heterocycles. The number of carbonyl (C=O) groups is 2. The lowest BCUT2D eigenvalue weighted by molar-refractivity contribution is -0.140. The number of phenolic OH excluding ortho intramolecular Hbond substituents is 1. The number of carbonyl (C=O) groups excluding carboxylic acids is 2. The SMILES string of the molecule is COCCN1C(=O)C(=O)/C(=C(\O)c2c[nH]c3ccccc23)C1c1ccc(OC)c(O)c1. The van der Waals surface area contributed by atoms with Crippen LogP contribution in [0.4, 0.5) is 0 Å². The van der Waals surface area contributed by atoms with Crippen LogP contribution in [0, 0.1) is 0 Å². The van der Waals surface area contributed by atoms with Crippen molar-refractivity contribution in [3.05, 3.63) is 65.4 Å². The monoisotopic (exact) mass is 422 g/mol. The Balaban J connectivity index is 1.91. The molecular formula is C23H22N2O6. The molecule has 8 nitrogen and oxygen atoms in total. The second-order valence-corrected chi connectivity index (χ2v) is 7.16. The van der Waals surface area contributed by atoms with Crippen LogP contribution in [0.5, 0.6) is 11.5 Å². The van der Waals surface area contributed by atoms with Gasteiger partial charge in [0.25, 0.3) is 11.7 Å². The highest BCUT2D eigenvalue weighted by atomic mass is 16.5. The summed E-state index contributed by atoms with van der Waals surface area (Å²) in [6.07, 6.45) is 1.60. The number of phenols is 1. The summed E-state index contributed by atoms with van der Waals surface area (Å²) in [5.41, 5.74) is 1.63. The largest absolute Gasteiger partial charge is 0.507 e. The molecule has 1 unspecified atom stereocenters. The molecule has 1 saturated heterocycles. The molecule has 31 heavy (non-hydrogen) atoms. The number of aromatic amines is 1. The van der Waals surface area contributed by atoms with E-state index in [1.54, 1.807) is 18.3 Å². The summed E-state index contributed by atoms with van der Waals surface area (Å²) in [6, 6.07) is 11.1. The number of H-pyrrole nitrogens is 1. The fourth-order valence-electron chi connectivity index (χ4n) is 3.94. The molecule has 8 heteroatoms. The number of fused-ring (bicyclic) bond motifs is 1. The lowest BCUT2D eigenvalue weighted by Crippen LogP contribution is -2.32. The first-order valence-electron chi connectivity index (χ1n) is 9.68. The highest BCUT2D eigenvalue weighted by molar-refractivity contribution is 6.46. The van der Waals surface area contributed by atoms with Crippen molar-refractivity contribution < 1.29 is 29.3 Å². The Labute approximate surface area is 178 Å². The van der Waals surface area contributed by atoms with E-state index in [9.17, 15) is 19.8 Å². The number of Topliss-reactive ketones (excluding diaryl/α,β-unsaturated/α-hetero) is 1. The molecule has 4 rings (SSSR count). The van der Waals surface area contributed by atoms with Crippen molar-refractivity contribution in [2.45, 2.75) is 6.04 Å². The number of aliphatic hydroxyl groups excluding tert-OH is 1. The molecule has 1 aliphatic heterocycles. The summed E-state index contributed by atoms with van der Waals surface area (Å²) < 4.78 is 10.2. The van der Waals surface area contributed by atoms with Crippen molar-refractivity contribution in [2.24, 2.45) is 0 Å². The second kappa shape index (κ2) is 8.16. The van der Waals surface area contributed by atoms with Crippen LogP contribution >= 0.6 is 0 Å². The third-order valence-electron chi connectivity index (χ3n) is 5.44. The molecular weight excluding hydrogens is 400 g/mol. The summed E-state index contributed by atoms with van der Waals surface area (Å²) in [6.45, 7) is 0.349. The van der Waals surface area contributed by atoms with E-state index >= 15 is 0 Å². The number of aliphatic hydroxyl groups is 1. The van der Waals surface area contributed by atoms with Crippen molar-refractivity contribution >= 4 is 28.4 Å². The normalized spacial score (nSPS) is 18.1. The number of likely N-dealkylation sites (tertiary alicyclic amines) is 1. The van der Waals surface area contributed by atoms with Gasteiger partial charge in [-0.15, -0.1) is 0 Å². The van der Waals surface area contributed by atoms with Crippen LogP contribution in [0.25, 0.3) is 16.7 Å². The molecule has 0 radical (unpaired) electrons. The van der Waals surface area contributed by atoms with Gasteiger partial charge in [-0.25, -0.2) is 0 Å². The molecule has 160 valence electrons. The second-order valence-electron chi connectivity index (χ2n) is 7.16. The molecule has 0 spiro atoms. The van der Waals surface area contributed by atoms with Gasteiger partial charge in [-0.1, -0.05) is 24.3 Å². The Kier molecular flexibility index (Phi) is 5.39. The molecule has 0 bridgehead atoms. The van der Waals surface area contributed by atoms with E-state index < -0.39 is 17.7 Å². The van der Waals surface area contributed by atoms with Gasteiger partial charge in [0.05, 0.1) is 25.3 Å². The Morgan fingerprint density at radius 3 is 2.65 bits per heavy atom. The minimum Gasteiger partial charge on any atom is -0.507 e. The molecule has 0 saturated carbocycles. The number of hydrogen-bond donors (Lipinski definition) is 3. The van der Waals surface area contributed by atoms with E-state index in [0.29, 0.717) is 11.1 Å². The number of aromatic hydroxyl groups is 1. The maximum Gasteiger partial charge on any atom is 0.295 e. The Morgan fingerprint density at radius 1 is 1.16 bits per heavy atom. The smallest absolute Gasteiger partial charge is 0.295 e. The predicted molar refractivity (Wildman–Crippen MR) is 114 cm³/mol. The van der Waals surface area contributed by atoms with Crippen LogP contribution in [0.1, 0.15) is 17.2 Å². The van der Waals surface area contributed by atoms with Gasteiger partial charge in [-0.05, 0) is 23.8 Å². The number of ether oxygens (including phenoxy) is 2. The molecule has 1 amide bonds. The van der Waals surface area contributed by atoms with Crippen LogP contribution in [0.3, 0.4) is 0 Å². The quantitative estimate of drug-likeness (QED) is 0.320. The van der Waals surface area contributed by atoms with Crippen molar-refractivity contribution in [1.29, 1.82) is 0 Å². The van der Waals surface area contributed by atoms with E-state index in [0.717, 1.165) is 10.9 Å². The summed E-state index contributed by atoms with van der Waals surface area (Å²) in [4.78, 5) is 30.2. The fourth-order valence-corrected chi connectivity index (χ4v) is 3.94. The molecule has 3 N–H and O–H groups in total. The number of benzene rings is 2. The van der Waals surface area contributed by atoms with Crippen molar-refractivity contribution in [2.75, 3.05) is 27.4 Å². The molecule has 3 aromatic rings. The predicted octanol–water partition coefficient (Wildman–Crippen LogP) is 2.95. The average Bonchev–Trinajstić information content (AvgIpc) is 3.31. The van der Waals surface area contributed by atoms with Gasteiger partial charge in [-0.2, -0.15) is 0 Å². The Morgan fingerprint density at radius 2 is 1.94 bits per heavy atom. The lowest BCUT2D eigenvalue weighted by Gasteiger charge is -2.25. The minimum atomic E-state index is -0.888. The molecule has 1 atom stereocenters. The first-order valence-corrected chi connectivity index (χ1v) is 9.68. The van der Waals surface area contributed by atoms with E-state index in [4.69, 9.17) is 9.47 Å². The number of aromatic nitrogens is 1. The Bertz CT molecular complexity index is 1200. The summed E-state index contributed by atoms with van der Waals surface area (Å²) in [5.74, 6) is -1.69. The fraction of sp³-hybridized carbons (Fsp3) is 0.217. The number of nitrogens with zero attached hydrogens (tertiary/aromatic N) is 1. The van der Waals surface area contributed by atoms with Crippen LogP contribution in [0.15, 0.2) is 54.2 Å². The number of para-hydroxylation sites is 1. The summed E-state index contributed by atoms with van der Waals surface area (Å²) in [7, 11) is 2.92. The van der Waals surface area contributed by atoms with Crippen LogP contribution in [-0.4, -0.2) is 59.2 Å². The van der Waals surface area contributed by atoms with Crippen molar-refractivity contribution in [3.8, 4) is 11.5 Å². The standard InChI is InChI=1S/C23H22N2O6/c1-30-10-9-25-20(13-7-8-18(31-2)17(26)11-13)19(22(28)23(25)29)21(27)15-12-24-16-6-4-3-5-14(15)16/h3-8,11-12,20,24,26-27H,9-10H2,1-2H3/b21-19-. The third kappa shape index (κ3) is 3.40. The zero-order chi connectivity index (χ0) is 22.1. The first-order chi connectivity index (χ1) is 15.0. The van der Waals surface area contributed by atoms with Gasteiger partial charge < -0.3 is 29.6 Å². The van der Waals surface area contributed by atoms with E-state index in [1.807, 2.05) is 24.3 Å². The number of amides is 1. The maximum atomic E-state index is 13.0. The van der Waals surface area contributed by atoms with Gasteiger partial charge in [0, 0.05) is 36.3 Å². The van der Waals surface area contributed by atoms with Crippen LogP contribution in [0.2, 0.25) is 0 Å². The zero-order valence-electron chi connectivity index (χ0n) is 17.1. The molecule has 1 fully saturated rings. The molecule has 1 aromatic heterocycles. The maximum absolute atomic E-state index is 13.0. The van der Waals surface area contributed by atoms with Crippen molar-refractivity contribution in [3.63, 3.8) is 0 Å². The average molecular weight is 422 g/mol. The highest BCUT2D eigenvalue weighted by Crippen LogP contribution is 2.42. The zero-order valence-corrected chi connectivity index (χ0v) is 17.1. The Hall–Kier alpha value is -3.78. The number of hydrogen-bond acceptors (Lipinski definition) is 6. The van der Waals surface area contributed by atoms with Gasteiger partial charge in [-0.3, -0.25) is 9.59 Å². The van der Waals surface area contributed by atoms with E-state index in [1.165, 1.54) is 25.2 Å². The van der Waals surface area contributed by atoms with Gasteiger partial charge in [0.1, 0.15) is 5.76 Å². The third-order valence-corrected chi connectivity index (χ3v) is 5.44. The van der Waals surface area contributed by atoms with E-state index in [2.05, 4.69) is 4.98 Å². The van der Waals surface area contributed by atoms with Crippen LogP contribution in [-0.2, 0) is 14.3 Å². The minimum absolute atomic E-state index is 0.0459. The van der Waals surface area contributed by atoms with Crippen LogP contribution < -0.4 is 4.74 Å². The highest BCUT2D eigenvalue weighted by Gasteiger charge is 2.46. The molecule has 1 aliphatic rings. The molecule has 2 aromatic carbocycles. The number of ketones is 1. The summed E-state index contributed by atoms with van der Waals surface area (Å²) >= 11 is 0. The topological polar surface area (TPSA) is 112 Å². The van der Waals surface area contributed by atoms with Crippen molar-refractivity contribution in [1.82, 2.24) is 9.88 Å². The first kappa shape index (κ1) is 20.5. The van der Waals surface area contributed by atoms with Gasteiger partial charge in [0.15, 0.2) is 11.5 Å². The molecule has 0 aliphatic carbocycles.